The molecule has 0 aliphatic heterocycles. The highest BCUT2D eigenvalue weighted by molar-refractivity contribution is 8.02. The average Bonchev–Trinajstić information content (AvgIpc) is 2.76. The lowest BCUT2D eigenvalue weighted by Gasteiger charge is -2.14. The molecule has 0 heterocycles. The number of amidine groups is 1. The van der Waals surface area contributed by atoms with Gasteiger partial charge in [0.1, 0.15) is 5.84 Å². The zero-order valence-electron chi connectivity index (χ0n) is 15.3. The predicted octanol–water partition coefficient (Wildman–Crippen LogP) is 5.97. The normalized spacial score (nSPS) is 11.8. The number of nitrogens with zero attached hydrogens (tertiary/aromatic N) is 2. The Morgan fingerprint density at radius 3 is 2.25 bits per heavy atom. The van der Waals surface area contributed by atoms with Crippen molar-refractivity contribution in [2.45, 2.75) is 4.90 Å². The van der Waals surface area contributed by atoms with E-state index in [1.165, 1.54) is 0 Å². The number of hydrogen-bond acceptors (Lipinski definition) is 3. The Labute approximate surface area is 174 Å². The van der Waals surface area contributed by atoms with Crippen molar-refractivity contribution in [2.75, 3.05) is 7.05 Å². The number of benzene rings is 3. The average molecular weight is 404 g/mol. The number of halogens is 1. The molecule has 0 aliphatic rings. The Kier molecular flexibility index (Phi) is 6.91. The maximum atomic E-state index is 9.06. The van der Waals surface area contributed by atoms with E-state index in [-0.39, 0.29) is 0 Å². The summed E-state index contributed by atoms with van der Waals surface area (Å²) in [5.74, 6) is 0.771. The van der Waals surface area contributed by atoms with Crippen LogP contribution in [0.25, 0.3) is 5.70 Å². The molecule has 0 radical (unpaired) electrons. The molecule has 3 rings (SSSR count). The van der Waals surface area contributed by atoms with Gasteiger partial charge in [0.05, 0.1) is 17.3 Å². The van der Waals surface area contributed by atoms with Crippen LogP contribution < -0.4 is 5.32 Å². The minimum Gasteiger partial charge on any atom is -0.339 e. The van der Waals surface area contributed by atoms with E-state index in [2.05, 4.69) is 16.4 Å². The molecular weight excluding hydrogens is 386 g/mol. The van der Waals surface area contributed by atoms with Crippen LogP contribution >= 0.6 is 23.4 Å². The lowest BCUT2D eigenvalue weighted by Crippen LogP contribution is -2.23. The molecule has 138 valence electrons. The highest BCUT2D eigenvalue weighted by Crippen LogP contribution is 2.25. The maximum absolute atomic E-state index is 9.06. The maximum Gasteiger partial charge on any atom is 0.132 e. The van der Waals surface area contributed by atoms with Crippen LogP contribution in [0.2, 0.25) is 5.02 Å². The molecule has 3 aromatic rings. The summed E-state index contributed by atoms with van der Waals surface area (Å²) < 4.78 is 0. The molecule has 0 saturated heterocycles. The Hall–Kier alpha value is -3.00. The quantitative estimate of drug-likeness (QED) is 0.324. The Balaban J connectivity index is 1.92. The molecule has 0 atom stereocenters. The summed E-state index contributed by atoms with van der Waals surface area (Å²) in [6, 6.07) is 27.3. The van der Waals surface area contributed by atoms with E-state index >= 15 is 0 Å². The molecule has 3 aromatic carbocycles. The summed E-state index contributed by atoms with van der Waals surface area (Å²) in [4.78, 5) is 5.49. The summed E-state index contributed by atoms with van der Waals surface area (Å²) >= 11 is 7.56. The molecule has 5 heteroatoms. The molecule has 0 fully saturated rings. The van der Waals surface area contributed by atoms with Gasteiger partial charge in [0, 0.05) is 27.9 Å². The van der Waals surface area contributed by atoms with E-state index in [9.17, 15) is 0 Å². The molecular formula is C23H18ClN3S. The molecule has 1 N–H and O–H groups in total. The van der Waals surface area contributed by atoms with Gasteiger partial charge in [0.15, 0.2) is 0 Å². The Morgan fingerprint density at radius 2 is 1.64 bits per heavy atom. The van der Waals surface area contributed by atoms with Gasteiger partial charge in [-0.3, -0.25) is 4.99 Å². The van der Waals surface area contributed by atoms with E-state index in [4.69, 9.17) is 16.9 Å². The second-order valence-electron chi connectivity index (χ2n) is 5.86. The zero-order valence-corrected chi connectivity index (χ0v) is 16.8. The van der Waals surface area contributed by atoms with Gasteiger partial charge in [0.25, 0.3) is 0 Å². The van der Waals surface area contributed by atoms with Crippen LogP contribution in [0.3, 0.4) is 0 Å². The lowest BCUT2D eigenvalue weighted by atomic mass is 10.1. The predicted molar refractivity (Wildman–Crippen MR) is 118 cm³/mol. The standard InChI is InChI=1S/C23H18ClN3S/c1-26-23(19-5-3-2-4-6-19)27-22(18-9-7-17(15-25)8-10-18)16-28-21-13-11-20(24)12-14-21/h2-14,16H,1H3,(H,26,27)/b22-16+. The molecule has 0 aliphatic carbocycles. The SMILES string of the molecule is CN=C(N/C(=C/Sc1ccc(Cl)cc1)c1ccc(C#N)cc1)c1ccccc1. The van der Waals surface area contributed by atoms with Crippen molar-refractivity contribution in [2.24, 2.45) is 4.99 Å². The molecule has 0 aromatic heterocycles. The third kappa shape index (κ3) is 5.26. The van der Waals surface area contributed by atoms with Crippen molar-refractivity contribution in [1.29, 1.82) is 5.26 Å². The number of thioether (sulfide) groups is 1. The van der Waals surface area contributed by atoms with E-state index in [1.54, 1.807) is 18.8 Å². The summed E-state index contributed by atoms with van der Waals surface area (Å²) in [5, 5.41) is 15.2. The lowest BCUT2D eigenvalue weighted by molar-refractivity contribution is 1.24. The van der Waals surface area contributed by atoms with Gasteiger partial charge >= 0.3 is 0 Å². The highest BCUT2D eigenvalue weighted by atomic mass is 35.5. The second-order valence-corrected chi connectivity index (χ2v) is 7.23. The molecule has 0 saturated carbocycles. The summed E-state index contributed by atoms with van der Waals surface area (Å²) in [6.45, 7) is 0. The first-order valence-electron chi connectivity index (χ1n) is 8.62. The fraction of sp³-hybridized carbons (Fsp3) is 0.0435. The monoisotopic (exact) mass is 403 g/mol. The van der Waals surface area contributed by atoms with Gasteiger partial charge in [-0.15, -0.1) is 0 Å². The summed E-state index contributed by atoms with van der Waals surface area (Å²) in [5.41, 5.74) is 3.49. The van der Waals surface area contributed by atoms with Crippen LogP contribution in [0.5, 0.6) is 0 Å². The molecule has 0 unspecified atom stereocenters. The number of rotatable bonds is 5. The molecule has 0 bridgehead atoms. The van der Waals surface area contributed by atoms with Crippen molar-refractivity contribution in [3.8, 4) is 6.07 Å². The molecule has 3 nitrogen and oxygen atoms in total. The van der Waals surface area contributed by atoms with E-state index in [1.807, 2.05) is 84.3 Å². The van der Waals surface area contributed by atoms with Gasteiger partial charge in [0.2, 0.25) is 0 Å². The van der Waals surface area contributed by atoms with E-state index in [0.29, 0.717) is 10.6 Å². The van der Waals surface area contributed by atoms with Crippen LogP contribution in [-0.2, 0) is 0 Å². The van der Waals surface area contributed by atoms with Crippen LogP contribution in [0.4, 0.5) is 0 Å². The van der Waals surface area contributed by atoms with Crippen LogP contribution in [0, 0.1) is 11.3 Å². The van der Waals surface area contributed by atoms with Gasteiger partial charge in [-0.2, -0.15) is 5.26 Å². The van der Waals surface area contributed by atoms with Crippen molar-refractivity contribution in [3.05, 3.63) is 106 Å². The number of nitriles is 1. The Bertz CT molecular complexity index is 1020. The molecule has 0 spiro atoms. The number of aliphatic imine (C=N–C) groups is 1. The fourth-order valence-electron chi connectivity index (χ4n) is 2.51. The fourth-order valence-corrected chi connectivity index (χ4v) is 3.38. The first-order chi connectivity index (χ1) is 13.7. The molecule has 0 amide bonds. The van der Waals surface area contributed by atoms with Crippen molar-refractivity contribution in [3.63, 3.8) is 0 Å². The number of nitrogens with one attached hydrogen (secondary N) is 1. The van der Waals surface area contributed by atoms with Gasteiger partial charge < -0.3 is 5.32 Å². The highest BCUT2D eigenvalue weighted by Gasteiger charge is 2.08. The van der Waals surface area contributed by atoms with Gasteiger partial charge in [-0.25, -0.2) is 0 Å². The summed E-state index contributed by atoms with van der Waals surface area (Å²) in [7, 11) is 1.76. The minimum atomic E-state index is 0.626. The second kappa shape index (κ2) is 9.80. The van der Waals surface area contributed by atoms with Crippen LogP contribution in [0.1, 0.15) is 16.7 Å². The largest absolute Gasteiger partial charge is 0.339 e. The smallest absolute Gasteiger partial charge is 0.132 e. The van der Waals surface area contributed by atoms with E-state index < -0.39 is 0 Å². The van der Waals surface area contributed by atoms with Crippen LogP contribution in [0.15, 0.2) is 94.2 Å². The zero-order chi connectivity index (χ0) is 19.8. The third-order valence-electron chi connectivity index (χ3n) is 3.98. The van der Waals surface area contributed by atoms with Crippen molar-refractivity contribution in [1.82, 2.24) is 5.32 Å². The third-order valence-corrected chi connectivity index (χ3v) is 5.13. The van der Waals surface area contributed by atoms with Crippen molar-refractivity contribution >= 4 is 34.9 Å². The first kappa shape index (κ1) is 19.8. The number of hydrogen-bond donors (Lipinski definition) is 1. The van der Waals surface area contributed by atoms with Gasteiger partial charge in [-0.05, 0) is 42.0 Å². The minimum absolute atomic E-state index is 0.626. The van der Waals surface area contributed by atoms with Gasteiger partial charge in [-0.1, -0.05) is 65.8 Å². The Morgan fingerprint density at radius 1 is 0.964 bits per heavy atom. The molecule has 28 heavy (non-hydrogen) atoms. The van der Waals surface area contributed by atoms with Crippen molar-refractivity contribution < 1.29 is 0 Å². The first-order valence-corrected chi connectivity index (χ1v) is 9.87. The van der Waals surface area contributed by atoms with E-state index in [0.717, 1.165) is 27.6 Å². The van der Waals surface area contributed by atoms with Crippen LogP contribution in [-0.4, -0.2) is 12.9 Å². The summed E-state index contributed by atoms with van der Waals surface area (Å²) in [6.07, 6.45) is 0. The topological polar surface area (TPSA) is 48.2 Å².